The van der Waals surface area contributed by atoms with Gasteiger partial charge in [0.15, 0.2) is 6.10 Å². The van der Waals surface area contributed by atoms with Gasteiger partial charge in [0.2, 0.25) is 0 Å². The first-order valence-electron chi connectivity index (χ1n) is 19.4. The Labute approximate surface area is 314 Å². The van der Waals surface area contributed by atoms with E-state index in [1.807, 2.05) is 18.2 Å². The van der Waals surface area contributed by atoms with E-state index >= 15 is 0 Å². The van der Waals surface area contributed by atoms with Gasteiger partial charge in [-0.25, -0.2) is 4.57 Å². The van der Waals surface area contributed by atoms with Crippen molar-refractivity contribution in [2.45, 2.75) is 161 Å². The van der Waals surface area contributed by atoms with Gasteiger partial charge in [0.1, 0.15) is 6.61 Å². The van der Waals surface area contributed by atoms with E-state index in [-0.39, 0.29) is 32.1 Å². The minimum absolute atomic E-state index is 0.0562. The second-order valence-electron chi connectivity index (χ2n) is 12.9. The van der Waals surface area contributed by atoms with Gasteiger partial charge < -0.3 is 29.5 Å². The fraction of sp³-hybridized carbons (Fsp3) is 0.659. The van der Waals surface area contributed by atoms with Crippen molar-refractivity contribution in [3.8, 4) is 0 Å². The normalized spacial score (nSPS) is 14.5. The third-order valence-corrected chi connectivity index (χ3v) is 8.42. The van der Waals surface area contributed by atoms with Gasteiger partial charge >= 0.3 is 19.8 Å². The molecule has 0 unspecified atom stereocenters. The fourth-order valence-corrected chi connectivity index (χ4v) is 5.28. The monoisotopic (exact) mass is 752 g/mol. The number of hydrogen-bond donors (Lipinski definition) is 4. The molecule has 0 aromatic rings. The number of unbranched alkanes of at least 4 members (excludes halogenated alkanes) is 9. The number of carbonyl (C=O) groups excluding carboxylic acids is 2. The molecule has 0 saturated carbocycles. The van der Waals surface area contributed by atoms with Crippen LogP contribution in [0.4, 0.5) is 0 Å². The largest absolute Gasteiger partial charge is 0.469 e. The van der Waals surface area contributed by atoms with Crippen molar-refractivity contribution in [1.29, 1.82) is 0 Å². The van der Waals surface area contributed by atoms with Crippen LogP contribution >= 0.6 is 7.82 Å². The van der Waals surface area contributed by atoms with Gasteiger partial charge in [-0.3, -0.25) is 14.1 Å². The quantitative estimate of drug-likeness (QED) is 0.0164. The Morgan fingerprint density at radius 2 is 1.15 bits per heavy atom. The Bertz CT molecular complexity index is 1100. The Hall–Kier alpha value is -2.59. The summed E-state index contributed by atoms with van der Waals surface area (Å²) in [5, 5.41) is 20.5. The fourth-order valence-electron chi connectivity index (χ4n) is 4.92. The zero-order valence-corrected chi connectivity index (χ0v) is 32.8. The van der Waals surface area contributed by atoms with Crippen molar-refractivity contribution in [1.82, 2.24) is 0 Å². The van der Waals surface area contributed by atoms with Crippen LogP contribution < -0.4 is 0 Å². The first-order chi connectivity index (χ1) is 25.1. The van der Waals surface area contributed by atoms with Crippen LogP contribution in [0.25, 0.3) is 0 Å². The minimum atomic E-state index is -4.83. The highest BCUT2D eigenvalue weighted by Crippen LogP contribution is 2.36. The van der Waals surface area contributed by atoms with Crippen molar-refractivity contribution < 1.29 is 48.2 Å². The summed E-state index contributed by atoms with van der Waals surface area (Å²) < 4.78 is 26.1. The van der Waals surface area contributed by atoms with Crippen molar-refractivity contribution in [2.75, 3.05) is 13.2 Å². The van der Waals surface area contributed by atoms with Crippen molar-refractivity contribution in [3.63, 3.8) is 0 Å². The summed E-state index contributed by atoms with van der Waals surface area (Å²) in [6.07, 6.45) is 38.0. The van der Waals surface area contributed by atoms with Crippen LogP contribution in [0.15, 0.2) is 72.9 Å². The number of ether oxygens (including phenoxy) is 2. The lowest BCUT2D eigenvalue weighted by Gasteiger charge is -2.19. The second kappa shape index (κ2) is 35.4. The zero-order valence-electron chi connectivity index (χ0n) is 31.9. The van der Waals surface area contributed by atoms with E-state index in [0.717, 1.165) is 64.2 Å². The highest BCUT2D eigenvalue weighted by Gasteiger charge is 2.23. The molecule has 0 aliphatic carbocycles. The maximum Gasteiger partial charge on any atom is 0.469 e. The average molecular weight is 753 g/mol. The van der Waals surface area contributed by atoms with Crippen LogP contribution in [0.2, 0.25) is 0 Å². The van der Waals surface area contributed by atoms with Crippen LogP contribution in [-0.4, -0.2) is 63.5 Å². The average Bonchev–Trinajstić information content (AvgIpc) is 3.11. The Morgan fingerprint density at radius 1 is 0.615 bits per heavy atom. The smallest absolute Gasteiger partial charge is 0.462 e. The molecule has 0 spiro atoms. The van der Waals surface area contributed by atoms with E-state index in [2.05, 4.69) is 73.1 Å². The Kier molecular flexibility index (Phi) is 33.7. The summed E-state index contributed by atoms with van der Waals surface area (Å²) in [5.74, 6) is -1.20. The summed E-state index contributed by atoms with van der Waals surface area (Å²) in [4.78, 5) is 42.8. The number of esters is 2. The Morgan fingerprint density at radius 3 is 1.75 bits per heavy atom. The standard InChI is InChI=1S/C41H69O10P/c1-3-5-7-9-11-13-15-17-18-19-21-23-25-27-29-33-41(45)51-37(36-50-52(46,47)48)35-49-40(44)34-30-32-39(43)38(42)31-28-26-24-22-20-16-14-12-10-8-6-4-2/h6,8,12-15,17-18,20,22,26,28,37-39,42-43H,3-5,7,9-11,16,19,21,23-25,27,29-36H2,1-2H3,(H2,46,47,48)/b8-6-,14-12-,15-13-,18-17-,22-20-,28-26-/t37-,38+,39+/m1/s1. The van der Waals surface area contributed by atoms with E-state index in [1.54, 1.807) is 0 Å². The summed E-state index contributed by atoms with van der Waals surface area (Å²) in [6.45, 7) is 3.26. The van der Waals surface area contributed by atoms with E-state index in [1.165, 1.54) is 25.7 Å². The number of phosphoric ester groups is 1. The SMILES string of the molecule is CC/C=C\C/C=C\C/C=C\C/C=C\C[C@H](O)[C@@H](O)CCCC(=O)OC[C@H](COP(=O)(O)O)OC(=O)CCCCCCC/C=C\C=C/CCCCCC. The molecule has 0 radical (unpaired) electrons. The number of allylic oxidation sites excluding steroid dienone is 11. The van der Waals surface area contributed by atoms with Crippen molar-refractivity contribution in [3.05, 3.63) is 72.9 Å². The molecule has 52 heavy (non-hydrogen) atoms. The molecule has 298 valence electrons. The number of rotatable bonds is 34. The summed E-state index contributed by atoms with van der Waals surface area (Å²) in [5.41, 5.74) is 0. The highest BCUT2D eigenvalue weighted by molar-refractivity contribution is 7.46. The third kappa shape index (κ3) is 35.8. The minimum Gasteiger partial charge on any atom is -0.462 e. The van der Waals surface area contributed by atoms with Crippen LogP contribution in [0.1, 0.15) is 142 Å². The molecule has 0 aliphatic rings. The molecule has 0 bridgehead atoms. The van der Waals surface area contributed by atoms with Gasteiger partial charge in [0, 0.05) is 12.8 Å². The summed E-state index contributed by atoms with van der Waals surface area (Å²) in [6, 6.07) is 0. The first-order valence-corrected chi connectivity index (χ1v) is 20.9. The number of carbonyl (C=O) groups is 2. The third-order valence-electron chi connectivity index (χ3n) is 7.94. The van der Waals surface area contributed by atoms with Gasteiger partial charge in [-0.1, -0.05) is 125 Å². The number of phosphoric acid groups is 1. The topological polar surface area (TPSA) is 160 Å². The van der Waals surface area contributed by atoms with Crippen LogP contribution in [-0.2, 0) is 28.2 Å². The molecule has 3 atom stereocenters. The first kappa shape index (κ1) is 49.4. The number of hydrogen-bond acceptors (Lipinski definition) is 8. The Balaban J connectivity index is 4.26. The number of aliphatic hydroxyl groups is 2. The maximum atomic E-state index is 12.4. The molecule has 0 aromatic heterocycles. The molecule has 0 amide bonds. The molecular weight excluding hydrogens is 683 g/mol. The van der Waals surface area contributed by atoms with Gasteiger partial charge in [0.25, 0.3) is 0 Å². The van der Waals surface area contributed by atoms with Gasteiger partial charge in [-0.2, -0.15) is 0 Å². The molecule has 11 heteroatoms. The highest BCUT2D eigenvalue weighted by atomic mass is 31.2. The molecule has 0 fully saturated rings. The van der Waals surface area contributed by atoms with Crippen molar-refractivity contribution in [2.24, 2.45) is 0 Å². The second-order valence-corrected chi connectivity index (χ2v) is 14.1. The summed E-state index contributed by atoms with van der Waals surface area (Å²) >= 11 is 0. The van der Waals surface area contributed by atoms with E-state index < -0.39 is 51.3 Å². The predicted molar refractivity (Wildman–Crippen MR) is 209 cm³/mol. The lowest BCUT2D eigenvalue weighted by atomic mass is 10.0. The van der Waals surface area contributed by atoms with E-state index in [0.29, 0.717) is 6.42 Å². The lowest BCUT2D eigenvalue weighted by Crippen LogP contribution is -2.29. The maximum absolute atomic E-state index is 12.4. The molecule has 0 heterocycles. The van der Waals surface area contributed by atoms with Gasteiger partial charge in [-0.05, 0) is 77.0 Å². The van der Waals surface area contributed by atoms with Crippen LogP contribution in [0, 0.1) is 0 Å². The predicted octanol–water partition coefficient (Wildman–Crippen LogP) is 9.45. The van der Waals surface area contributed by atoms with Gasteiger partial charge in [-0.15, -0.1) is 0 Å². The van der Waals surface area contributed by atoms with Gasteiger partial charge in [0.05, 0.1) is 18.8 Å². The molecule has 10 nitrogen and oxygen atoms in total. The van der Waals surface area contributed by atoms with E-state index in [9.17, 15) is 24.4 Å². The molecule has 0 saturated heterocycles. The van der Waals surface area contributed by atoms with Crippen LogP contribution in [0.3, 0.4) is 0 Å². The zero-order chi connectivity index (χ0) is 38.5. The molecule has 0 aromatic carbocycles. The molecule has 0 aliphatic heterocycles. The molecule has 4 N–H and O–H groups in total. The van der Waals surface area contributed by atoms with Crippen molar-refractivity contribution >= 4 is 19.8 Å². The summed E-state index contributed by atoms with van der Waals surface area (Å²) in [7, 11) is -4.83. The lowest BCUT2D eigenvalue weighted by molar-refractivity contribution is -0.161. The number of aliphatic hydroxyl groups excluding tert-OH is 2. The van der Waals surface area contributed by atoms with E-state index in [4.69, 9.17) is 19.3 Å². The molecular formula is C41H69O10P. The molecule has 0 rings (SSSR count). The van der Waals surface area contributed by atoms with Crippen LogP contribution in [0.5, 0.6) is 0 Å².